The van der Waals surface area contributed by atoms with E-state index in [2.05, 4.69) is 15.5 Å². The van der Waals surface area contributed by atoms with Crippen LogP contribution in [0.3, 0.4) is 0 Å². The fourth-order valence-corrected chi connectivity index (χ4v) is 1.81. The maximum Gasteiger partial charge on any atom is 0.251 e. The van der Waals surface area contributed by atoms with Gasteiger partial charge in [-0.05, 0) is 18.6 Å². The Morgan fingerprint density at radius 3 is 3.21 bits per heavy atom. The number of hydrogen-bond donors (Lipinski definition) is 3. The number of ether oxygens (including phenoxy) is 1. The number of methoxy groups -OCH3 is 1. The summed E-state index contributed by atoms with van der Waals surface area (Å²) in [5.41, 5.74) is 1.39. The van der Waals surface area contributed by atoms with Crippen molar-refractivity contribution in [3.8, 4) is 0 Å². The summed E-state index contributed by atoms with van der Waals surface area (Å²) >= 11 is 0. The number of carbonyl (C=O) groups is 1. The minimum atomic E-state index is -0.555. The highest BCUT2D eigenvalue weighted by Crippen LogP contribution is 2.12. The topological polar surface area (TPSA) is 87.2 Å². The van der Waals surface area contributed by atoms with Gasteiger partial charge in [-0.2, -0.15) is 5.10 Å². The van der Waals surface area contributed by atoms with Crippen LogP contribution >= 0.6 is 0 Å². The van der Waals surface area contributed by atoms with Gasteiger partial charge >= 0.3 is 0 Å². The van der Waals surface area contributed by atoms with Crippen molar-refractivity contribution in [3.63, 3.8) is 0 Å². The Morgan fingerprint density at radius 2 is 2.42 bits per heavy atom. The van der Waals surface area contributed by atoms with Gasteiger partial charge in [-0.3, -0.25) is 9.89 Å². The zero-order valence-electron chi connectivity index (χ0n) is 10.7. The van der Waals surface area contributed by atoms with E-state index >= 15 is 0 Å². The second-order valence-corrected chi connectivity index (χ2v) is 4.33. The SMILES string of the molecule is COCC(O)CCNC(=O)c1ccc2cn[nH]c2c1. The lowest BCUT2D eigenvalue weighted by atomic mass is 10.1. The number of fused-ring (bicyclic) bond motifs is 1. The molecule has 1 unspecified atom stereocenters. The van der Waals surface area contributed by atoms with Gasteiger partial charge in [-0.15, -0.1) is 0 Å². The lowest BCUT2D eigenvalue weighted by Crippen LogP contribution is -2.28. The van der Waals surface area contributed by atoms with E-state index in [0.29, 0.717) is 18.5 Å². The second-order valence-electron chi connectivity index (χ2n) is 4.33. The van der Waals surface area contributed by atoms with Gasteiger partial charge in [-0.1, -0.05) is 6.07 Å². The molecule has 3 N–H and O–H groups in total. The number of amides is 1. The summed E-state index contributed by atoms with van der Waals surface area (Å²) in [7, 11) is 1.53. The summed E-state index contributed by atoms with van der Waals surface area (Å²) < 4.78 is 4.81. The molecule has 0 aliphatic heterocycles. The van der Waals surface area contributed by atoms with E-state index in [4.69, 9.17) is 4.74 Å². The van der Waals surface area contributed by atoms with Crippen molar-refractivity contribution in [2.75, 3.05) is 20.3 Å². The second kappa shape index (κ2) is 6.31. The Morgan fingerprint density at radius 1 is 1.58 bits per heavy atom. The number of aliphatic hydroxyl groups excluding tert-OH is 1. The first-order chi connectivity index (χ1) is 9.20. The Bertz CT molecular complexity index is 553. The van der Waals surface area contributed by atoms with E-state index in [0.717, 1.165) is 10.9 Å². The fourth-order valence-electron chi connectivity index (χ4n) is 1.81. The molecular formula is C13H17N3O3. The number of H-pyrrole nitrogens is 1. The highest BCUT2D eigenvalue weighted by atomic mass is 16.5. The molecule has 2 aromatic rings. The smallest absolute Gasteiger partial charge is 0.251 e. The summed E-state index contributed by atoms with van der Waals surface area (Å²) in [5.74, 6) is -0.166. The van der Waals surface area contributed by atoms with Crippen molar-refractivity contribution < 1.29 is 14.6 Å². The maximum absolute atomic E-state index is 11.9. The lowest BCUT2D eigenvalue weighted by Gasteiger charge is -2.10. The van der Waals surface area contributed by atoms with Gasteiger partial charge in [0.05, 0.1) is 24.4 Å². The number of aromatic nitrogens is 2. The van der Waals surface area contributed by atoms with E-state index in [9.17, 15) is 9.90 Å². The van der Waals surface area contributed by atoms with E-state index in [-0.39, 0.29) is 12.5 Å². The molecule has 6 nitrogen and oxygen atoms in total. The molecule has 0 fully saturated rings. The van der Waals surface area contributed by atoms with Crippen LogP contribution in [-0.4, -0.2) is 47.6 Å². The van der Waals surface area contributed by atoms with Gasteiger partial charge in [0.2, 0.25) is 0 Å². The Balaban J connectivity index is 1.89. The molecule has 6 heteroatoms. The Labute approximate surface area is 110 Å². The molecule has 1 amide bonds. The standard InChI is InChI=1S/C13H17N3O3/c1-19-8-11(17)4-5-14-13(18)9-2-3-10-7-15-16-12(10)6-9/h2-3,6-7,11,17H,4-5,8H2,1H3,(H,14,18)(H,15,16). The van der Waals surface area contributed by atoms with Gasteiger partial charge in [0, 0.05) is 24.6 Å². The minimum Gasteiger partial charge on any atom is -0.391 e. The molecule has 0 aliphatic carbocycles. The maximum atomic E-state index is 11.9. The highest BCUT2D eigenvalue weighted by Gasteiger charge is 2.08. The van der Waals surface area contributed by atoms with Crippen LogP contribution in [0.5, 0.6) is 0 Å². The van der Waals surface area contributed by atoms with Crippen molar-refractivity contribution >= 4 is 16.8 Å². The van der Waals surface area contributed by atoms with E-state index in [1.165, 1.54) is 7.11 Å². The number of hydrogen-bond acceptors (Lipinski definition) is 4. The molecule has 1 heterocycles. The summed E-state index contributed by atoms with van der Waals surface area (Å²) in [6, 6.07) is 5.34. The largest absolute Gasteiger partial charge is 0.391 e. The first-order valence-corrected chi connectivity index (χ1v) is 6.09. The zero-order chi connectivity index (χ0) is 13.7. The molecule has 0 aliphatic rings. The Hall–Kier alpha value is -1.92. The van der Waals surface area contributed by atoms with Crippen LogP contribution in [0.2, 0.25) is 0 Å². The first kappa shape index (κ1) is 13.5. The zero-order valence-corrected chi connectivity index (χ0v) is 10.7. The third-order valence-electron chi connectivity index (χ3n) is 2.83. The van der Waals surface area contributed by atoms with E-state index in [1.54, 1.807) is 18.3 Å². The van der Waals surface area contributed by atoms with Gasteiger partial charge in [0.25, 0.3) is 5.91 Å². The van der Waals surface area contributed by atoms with Crippen molar-refractivity contribution in [1.82, 2.24) is 15.5 Å². The summed E-state index contributed by atoms with van der Waals surface area (Å²) in [5, 5.41) is 19.9. The predicted molar refractivity (Wildman–Crippen MR) is 70.9 cm³/mol. The van der Waals surface area contributed by atoms with Gasteiger partial charge in [0.1, 0.15) is 0 Å². The first-order valence-electron chi connectivity index (χ1n) is 6.09. The number of rotatable bonds is 6. The summed E-state index contributed by atoms with van der Waals surface area (Å²) in [6.45, 7) is 0.681. The normalized spacial score (nSPS) is 12.5. The molecule has 0 saturated heterocycles. The number of aromatic amines is 1. The number of nitrogens with one attached hydrogen (secondary N) is 2. The van der Waals surface area contributed by atoms with Crippen LogP contribution in [0.1, 0.15) is 16.8 Å². The predicted octanol–water partition coefficient (Wildman–Crippen LogP) is 0.690. The summed E-state index contributed by atoms with van der Waals surface area (Å²) in [4.78, 5) is 11.9. The Kier molecular flexibility index (Phi) is 4.48. The van der Waals surface area contributed by atoms with Gasteiger partial charge in [0.15, 0.2) is 0 Å². The molecule has 0 radical (unpaired) electrons. The summed E-state index contributed by atoms with van der Waals surface area (Å²) in [6.07, 6.45) is 1.62. The van der Waals surface area contributed by atoms with Crippen molar-refractivity contribution in [2.45, 2.75) is 12.5 Å². The monoisotopic (exact) mass is 263 g/mol. The molecule has 0 saturated carbocycles. The van der Waals surface area contributed by atoms with E-state index in [1.807, 2.05) is 6.07 Å². The third-order valence-corrected chi connectivity index (χ3v) is 2.83. The molecule has 1 aromatic carbocycles. The average molecular weight is 263 g/mol. The van der Waals surface area contributed by atoms with Crippen LogP contribution in [0.15, 0.2) is 24.4 Å². The van der Waals surface area contributed by atoms with Crippen LogP contribution in [0.4, 0.5) is 0 Å². The van der Waals surface area contributed by atoms with Crippen LogP contribution in [0.25, 0.3) is 10.9 Å². The van der Waals surface area contributed by atoms with E-state index < -0.39 is 6.10 Å². The quantitative estimate of drug-likeness (QED) is 0.715. The molecule has 19 heavy (non-hydrogen) atoms. The molecular weight excluding hydrogens is 246 g/mol. The molecule has 1 aromatic heterocycles. The number of nitrogens with zero attached hydrogens (tertiary/aromatic N) is 1. The molecule has 0 bridgehead atoms. The number of aliphatic hydroxyl groups is 1. The van der Waals surface area contributed by atoms with Gasteiger partial charge < -0.3 is 15.2 Å². The van der Waals surface area contributed by atoms with Gasteiger partial charge in [-0.25, -0.2) is 0 Å². The number of benzene rings is 1. The molecule has 0 spiro atoms. The van der Waals surface area contributed by atoms with Crippen molar-refractivity contribution in [3.05, 3.63) is 30.0 Å². The third kappa shape index (κ3) is 3.52. The number of carbonyl (C=O) groups excluding carboxylic acids is 1. The van der Waals surface area contributed by atoms with Crippen molar-refractivity contribution in [2.24, 2.45) is 0 Å². The van der Waals surface area contributed by atoms with Crippen LogP contribution in [-0.2, 0) is 4.74 Å². The molecule has 102 valence electrons. The lowest BCUT2D eigenvalue weighted by molar-refractivity contribution is 0.0587. The molecule has 2 rings (SSSR count). The highest BCUT2D eigenvalue weighted by molar-refractivity contribution is 5.97. The van der Waals surface area contributed by atoms with Crippen LogP contribution in [0, 0.1) is 0 Å². The fraction of sp³-hybridized carbons (Fsp3) is 0.385. The van der Waals surface area contributed by atoms with Crippen molar-refractivity contribution in [1.29, 1.82) is 0 Å². The van der Waals surface area contributed by atoms with Crippen LogP contribution < -0.4 is 5.32 Å². The average Bonchev–Trinajstić information content (AvgIpc) is 2.86. The minimum absolute atomic E-state index is 0.166. The molecule has 1 atom stereocenters.